The topological polar surface area (TPSA) is 38.1 Å². The molecule has 1 fully saturated rings. The highest BCUT2D eigenvalue weighted by molar-refractivity contribution is 9.10. The second-order valence-electron chi connectivity index (χ2n) is 4.26. The number of halogens is 1. The molecule has 1 N–H and O–H groups in total. The van der Waals surface area contributed by atoms with Gasteiger partial charge in [0.25, 0.3) is 6.01 Å². The third-order valence-corrected chi connectivity index (χ3v) is 3.53. The molecule has 3 nitrogen and oxygen atoms in total. The third kappa shape index (κ3) is 1.94. The highest BCUT2D eigenvalue weighted by Gasteiger charge is 2.17. The lowest BCUT2D eigenvalue weighted by Crippen LogP contribution is -2.14. The van der Waals surface area contributed by atoms with Gasteiger partial charge in [0, 0.05) is 10.5 Å². The number of hydrogen-bond donors (Lipinski definition) is 1. The smallest absolute Gasteiger partial charge is 0.295 e. The van der Waals surface area contributed by atoms with Crippen molar-refractivity contribution >= 4 is 33.0 Å². The zero-order chi connectivity index (χ0) is 11.0. The lowest BCUT2D eigenvalue weighted by atomic mass is 10.3. The minimum atomic E-state index is 0.538. The maximum Gasteiger partial charge on any atom is 0.295 e. The lowest BCUT2D eigenvalue weighted by molar-refractivity contribution is 0.594. The molecule has 2 aromatic rings. The van der Waals surface area contributed by atoms with Gasteiger partial charge in [-0.25, -0.2) is 0 Å². The van der Waals surface area contributed by atoms with Gasteiger partial charge in [0.05, 0.1) is 0 Å². The fourth-order valence-corrected chi connectivity index (χ4v) is 2.56. The van der Waals surface area contributed by atoms with E-state index in [0.29, 0.717) is 12.1 Å². The van der Waals surface area contributed by atoms with Gasteiger partial charge in [-0.05, 0) is 31.0 Å². The number of nitrogens with zero attached hydrogens (tertiary/aromatic N) is 1. The summed E-state index contributed by atoms with van der Waals surface area (Å²) in [6, 6.07) is 7.06. The Balaban J connectivity index is 1.86. The van der Waals surface area contributed by atoms with E-state index in [4.69, 9.17) is 4.42 Å². The van der Waals surface area contributed by atoms with E-state index in [-0.39, 0.29) is 0 Å². The number of benzene rings is 1. The van der Waals surface area contributed by atoms with E-state index in [1.54, 1.807) is 0 Å². The summed E-state index contributed by atoms with van der Waals surface area (Å²) in [5.74, 6) is 0. The van der Waals surface area contributed by atoms with Crippen LogP contribution >= 0.6 is 15.9 Å². The van der Waals surface area contributed by atoms with Gasteiger partial charge in [-0.1, -0.05) is 28.8 Å². The monoisotopic (exact) mass is 280 g/mol. The molecule has 1 heterocycles. The van der Waals surface area contributed by atoms with Crippen LogP contribution in [-0.2, 0) is 0 Å². The molecule has 3 rings (SSSR count). The van der Waals surface area contributed by atoms with Crippen LogP contribution in [0.15, 0.2) is 27.1 Å². The van der Waals surface area contributed by atoms with Crippen LogP contribution in [0.4, 0.5) is 6.01 Å². The highest BCUT2D eigenvalue weighted by Crippen LogP contribution is 2.26. The number of nitrogens with one attached hydrogen (secondary N) is 1. The van der Waals surface area contributed by atoms with Gasteiger partial charge < -0.3 is 9.73 Å². The van der Waals surface area contributed by atoms with Crippen LogP contribution in [-0.4, -0.2) is 11.0 Å². The van der Waals surface area contributed by atoms with Gasteiger partial charge >= 0.3 is 0 Å². The molecular weight excluding hydrogens is 268 g/mol. The standard InChI is InChI=1S/C12H13BrN2O/c13-8-5-6-11-10(7-8)15-12(16-11)14-9-3-1-2-4-9/h5-7,9H,1-4H2,(H,14,15). The predicted molar refractivity (Wildman–Crippen MR) is 67.6 cm³/mol. The molecule has 0 unspecified atom stereocenters. The van der Waals surface area contributed by atoms with Crippen molar-refractivity contribution in [2.75, 3.05) is 5.32 Å². The highest BCUT2D eigenvalue weighted by atomic mass is 79.9. The van der Waals surface area contributed by atoms with Gasteiger partial charge in [-0.15, -0.1) is 0 Å². The van der Waals surface area contributed by atoms with E-state index < -0.39 is 0 Å². The van der Waals surface area contributed by atoms with Crippen molar-refractivity contribution in [3.8, 4) is 0 Å². The van der Waals surface area contributed by atoms with Crippen LogP contribution in [0, 0.1) is 0 Å². The number of anilines is 1. The summed E-state index contributed by atoms with van der Waals surface area (Å²) in [6.45, 7) is 0. The molecule has 0 bridgehead atoms. The summed E-state index contributed by atoms with van der Waals surface area (Å²) in [5.41, 5.74) is 1.73. The molecule has 4 heteroatoms. The minimum Gasteiger partial charge on any atom is -0.424 e. The molecule has 1 aliphatic rings. The van der Waals surface area contributed by atoms with Crippen LogP contribution in [0.25, 0.3) is 11.1 Å². The lowest BCUT2D eigenvalue weighted by Gasteiger charge is -2.07. The summed E-state index contributed by atoms with van der Waals surface area (Å²) in [7, 11) is 0. The molecule has 16 heavy (non-hydrogen) atoms. The van der Waals surface area contributed by atoms with Crippen LogP contribution in [0.3, 0.4) is 0 Å². The van der Waals surface area contributed by atoms with Crippen molar-refractivity contribution < 1.29 is 4.42 Å². The van der Waals surface area contributed by atoms with E-state index in [9.17, 15) is 0 Å². The summed E-state index contributed by atoms with van der Waals surface area (Å²) in [6.07, 6.45) is 5.07. The van der Waals surface area contributed by atoms with Gasteiger partial charge in [-0.3, -0.25) is 0 Å². The first-order valence-corrected chi connectivity index (χ1v) is 6.43. The van der Waals surface area contributed by atoms with E-state index in [1.807, 2.05) is 18.2 Å². The number of hydrogen-bond acceptors (Lipinski definition) is 3. The Hall–Kier alpha value is -1.03. The fraction of sp³-hybridized carbons (Fsp3) is 0.417. The first-order chi connectivity index (χ1) is 7.81. The SMILES string of the molecule is Brc1ccc2oc(NC3CCCC3)nc2c1. The Kier molecular flexibility index (Phi) is 2.59. The summed E-state index contributed by atoms with van der Waals surface area (Å²) in [5, 5.41) is 3.36. The average molecular weight is 281 g/mol. The largest absolute Gasteiger partial charge is 0.424 e. The van der Waals surface area contributed by atoms with Crippen molar-refractivity contribution in [3.63, 3.8) is 0 Å². The van der Waals surface area contributed by atoms with Crippen molar-refractivity contribution in [3.05, 3.63) is 22.7 Å². The van der Waals surface area contributed by atoms with Crippen molar-refractivity contribution in [1.82, 2.24) is 4.98 Å². The zero-order valence-electron chi connectivity index (χ0n) is 8.87. The second-order valence-corrected chi connectivity index (χ2v) is 5.17. The van der Waals surface area contributed by atoms with Crippen LogP contribution in [0.5, 0.6) is 0 Å². The molecule has 1 aromatic heterocycles. The quantitative estimate of drug-likeness (QED) is 0.905. The molecule has 0 radical (unpaired) electrons. The maximum atomic E-state index is 5.64. The Bertz CT molecular complexity index is 503. The molecule has 0 spiro atoms. The first-order valence-electron chi connectivity index (χ1n) is 5.64. The van der Waals surface area contributed by atoms with E-state index in [2.05, 4.69) is 26.2 Å². The average Bonchev–Trinajstić information content (AvgIpc) is 2.86. The number of aromatic nitrogens is 1. The third-order valence-electron chi connectivity index (χ3n) is 3.03. The van der Waals surface area contributed by atoms with Gasteiger partial charge in [0.2, 0.25) is 0 Å². The van der Waals surface area contributed by atoms with Crippen molar-refractivity contribution in [2.24, 2.45) is 0 Å². The van der Waals surface area contributed by atoms with E-state index in [1.165, 1.54) is 25.7 Å². The number of oxazole rings is 1. The van der Waals surface area contributed by atoms with Gasteiger partial charge in [0.15, 0.2) is 5.58 Å². The maximum absolute atomic E-state index is 5.64. The summed E-state index contributed by atoms with van der Waals surface area (Å²) in [4.78, 5) is 4.43. The van der Waals surface area contributed by atoms with Crippen LogP contribution in [0.1, 0.15) is 25.7 Å². The Morgan fingerprint density at radius 1 is 1.31 bits per heavy atom. The van der Waals surface area contributed by atoms with Crippen molar-refractivity contribution in [2.45, 2.75) is 31.7 Å². The van der Waals surface area contributed by atoms with Gasteiger partial charge in [0.1, 0.15) is 5.52 Å². The Morgan fingerprint density at radius 2 is 2.12 bits per heavy atom. The van der Waals surface area contributed by atoms with Gasteiger partial charge in [-0.2, -0.15) is 4.98 Å². The molecular formula is C12H13BrN2O. The molecule has 1 saturated carbocycles. The predicted octanol–water partition coefficient (Wildman–Crippen LogP) is 3.94. The molecule has 0 atom stereocenters. The van der Waals surface area contributed by atoms with E-state index in [0.717, 1.165) is 15.6 Å². The number of rotatable bonds is 2. The fourth-order valence-electron chi connectivity index (χ4n) is 2.21. The van der Waals surface area contributed by atoms with Crippen LogP contribution in [0.2, 0.25) is 0 Å². The summed E-state index contributed by atoms with van der Waals surface area (Å²) >= 11 is 3.43. The minimum absolute atomic E-state index is 0.538. The molecule has 0 amide bonds. The molecule has 0 saturated heterocycles. The Labute approximate surface area is 102 Å². The Morgan fingerprint density at radius 3 is 2.94 bits per heavy atom. The second kappa shape index (κ2) is 4.09. The number of fused-ring (bicyclic) bond motifs is 1. The normalized spacial score (nSPS) is 17.1. The van der Waals surface area contributed by atoms with Crippen LogP contribution < -0.4 is 5.32 Å². The summed E-state index contributed by atoms with van der Waals surface area (Å²) < 4.78 is 6.67. The zero-order valence-corrected chi connectivity index (χ0v) is 10.5. The first kappa shape index (κ1) is 10.1. The van der Waals surface area contributed by atoms with Crippen molar-refractivity contribution in [1.29, 1.82) is 0 Å². The molecule has 0 aliphatic heterocycles. The molecule has 1 aliphatic carbocycles. The molecule has 1 aromatic carbocycles. The van der Waals surface area contributed by atoms with E-state index >= 15 is 0 Å². The molecule has 84 valence electrons.